The molecule has 0 amide bonds. The molecule has 1 heterocycles. The summed E-state index contributed by atoms with van der Waals surface area (Å²) >= 11 is 1.55. The van der Waals surface area contributed by atoms with Crippen LogP contribution in [0.3, 0.4) is 0 Å². The van der Waals surface area contributed by atoms with Crippen LogP contribution in [0.1, 0.15) is 19.3 Å². The van der Waals surface area contributed by atoms with Gasteiger partial charge < -0.3 is 14.6 Å². The Morgan fingerprint density at radius 1 is 1.47 bits per heavy atom. The van der Waals surface area contributed by atoms with Crippen LogP contribution in [0.4, 0.5) is 0 Å². The van der Waals surface area contributed by atoms with Gasteiger partial charge in [-0.3, -0.25) is 4.79 Å². The van der Waals surface area contributed by atoms with Gasteiger partial charge in [0.15, 0.2) is 0 Å². The van der Waals surface area contributed by atoms with Crippen molar-refractivity contribution in [1.82, 2.24) is 0 Å². The third kappa shape index (κ3) is 3.66. The number of rotatable bonds is 7. The third-order valence-corrected chi connectivity index (χ3v) is 4.20. The van der Waals surface area contributed by atoms with E-state index in [2.05, 4.69) is 0 Å². The molecule has 0 aromatic carbocycles. The molecular formula is C10H18O4S. The molecule has 0 aliphatic carbocycles. The summed E-state index contributed by atoms with van der Waals surface area (Å²) in [4.78, 5) is 11.1. The van der Waals surface area contributed by atoms with Crippen molar-refractivity contribution in [3.63, 3.8) is 0 Å². The Bertz CT molecular complexity index is 202. The Balaban J connectivity index is 2.24. The Labute approximate surface area is 94.3 Å². The average molecular weight is 234 g/mol. The predicted molar refractivity (Wildman–Crippen MR) is 59.4 cm³/mol. The minimum Gasteiger partial charge on any atom is -0.480 e. The maximum atomic E-state index is 11.1. The molecular weight excluding hydrogens is 216 g/mol. The van der Waals surface area contributed by atoms with Crippen LogP contribution in [0, 0.1) is 0 Å². The number of carbonyl (C=O) groups is 1. The van der Waals surface area contributed by atoms with Crippen LogP contribution in [0.15, 0.2) is 0 Å². The van der Waals surface area contributed by atoms with E-state index in [1.807, 2.05) is 0 Å². The van der Waals surface area contributed by atoms with Crippen molar-refractivity contribution in [2.24, 2.45) is 0 Å². The van der Waals surface area contributed by atoms with Gasteiger partial charge in [-0.25, -0.2) is 0 Å². The fourth-order valence-electron chi connectivity index (χ4n) is 1.65. The first kappa shape index (κ1) is 12.8. The van der Waals surface area contributed by atoms with Crippen LogP contribution < -0.4 is 0 Å². The van der Waals surface area contributed by atoms with Gasteiger partial charge in [0.2, 0.25) is 0 Å². The maximum Gasteiger partial charge on any atom is 0.319 e. The maximum absolute atomic E-state index is 11.1. The van der Waals surface area contributed by atoms with E-state index in [-0.39, 0.29) is 0 Å². The van der Waals surface area contributed by atoms with Gasteiger partial charge in [0, 0.05) is 13.7 Å². The highest BCUT2D eigenvalue weighted by Crippen LogP contribution is 2.41. The molecule has 1 aliphatic heterocycles. The zero-order chi connectivity index (χ0) is 11.1. The topological polar surface area (TPSA) is 55.8 Å². The van der Waals surface area contributed by atoms with Gasteiger partial charge >= 0.3 is 5.97 Å². The van der Waals surface area contributed by atoms with Crippen LogP contribution in [-0.2, 0) is 14.3 Å². The minimum absolute atomic E-state index is 0.503. The fraction of sp³-hybridized carbons (Fsp3) is 0.900. The second-order valence-corrected chi connectivity index (χ2v) is 5.09. The highest BCUT2D eigenvalue weighted by atomic mass is 32.2. The van der Waals surface area contributed by atoms with E-state index >= 15 is 0 Å². The molecule has 1 unspecified atom stereocenters. The summed E-state index contributed by atoms with van der Waals surface area (Å²) in [6.07, 6.45) is 2.35. The van der Waals surface area contributed by atoms with E-state index < -0.39 is 10.7 Å². The highest BCUT2D eigenvalue weighted by molar-refractivity contribution is 8.01. The van der Waals surface area contributed by atoms with Crippen molar-refractivity contribution in [3.8, 4) is 0 Å². The highest BCUT2D eigenvalue weighted by Gasteiger charge is 2.41. The van der Waals surface area contributed by atoms with Gasteiger partial charge in [0.1, 0.15) is 4.75 Å². The van der Waals surface area contributed by atoms with Gasteiger partial charge in [-0.05, 0) is 25.0 Å². The molecule has 0 saturated carbocycles. The monoisotopic (exact) mass is 234 g/mol. The van der Waals surface area contributed by atoms with Crippen molar-refractivity contribution in [1.29, 1.82) is 0 Å². The zero-order valence-corrected chi connectivity index (χ0v) is 9.85. The van der Waals surface area contributed by atoms with Crippen molar-refractivity contribution in [2.75, 3.05) is 32.7 Å². The van der Waals surface area contributed by atoms with Crippen LogP contribution in [-0.4, -0.2) is 48.5 Å². The lowest BCUT2D eigenvalue weighted by atomic mass is 10.00. The van der Waals surface area contributed by atoms with Gasteiger partial charge in [0.05, 0.1) is 13.2 Å². The predicted octanol–water partition coefficient (Wildman–Crippen LogP) is 1.39. The lowest BCUT2D eigenvalue weighted by molar-refractivity contribution is -0.140. The summed E-state index contributed by atoms with van der Waals surface area (Å²) < 4.78 is 9.56. The molecule has 1 saturated heterocycles. The molecule has 0 aromatic heterocycles. The number of methoxy groups -OCH3 is 1. The number of carboxylic acids is 1. The van der Waals surface area contributed by atoms with E-state index in [0.717, 1.165) is 18.6 Å². The second kappa shape index (κ2) is 6.35. The van der Waals surface area contributed by atoms with Gasteiger partial charge in [-0.15, -0.1) is 11.8 Å². The molecule has 4 nitrogen and oxygen atoms in total. The Morgan fingerprint density at radius 2 is 2.27 bits per heavy atom. The van der Waals surface area contributed by atoms with E-state index in [0.29, 0.717) is 26.2 Å². The molecule has 15 heavy (non-hydrogen) atoms. The molecule has 1 rings (SSSR count). The number of thioether (sulfide) groups is 1. The first-order valence-electron chi connectivity index (χ1n) is 5.15. The fourth-order valence-corrected chi connectivity index (χ4v) is 2.97. The third-order valence-electron chi connectivity index (χ3n) is 2.58. The van der Waals surface area contributed by atoms with Crippen molar-refractivity contribution >= 4 is 17.7 Å². The zero-order valence-electron chi connectivity index (χ0n) is 9.03. The normalized spacial score (nSPS) is 25.7. The van der Waals surface area contributed by atoms with Crippen LogP contribution >= 0.6 is 11.8 Å². The molecule has 1 N–H and O–H groups in total. The van der Waals surface area contributed by atoms with E-state index in [9.17, 15) is 4.79 Å². The summed E-state index contributed by atoms with van der Waals surface area (Å²) in [7, 11) is 1.62. The van der Waals surface area contributed by atoms with Crippen molar-refractivity contribution in [3.05, 3.63) is 0 Å². The number of aliphatic carboxylic acids is 1. The Hall–Kier alpha value is -0.260. The summed E-state index contributed by atoms with van der Waals surface area (Å²) in [6, 6.07) is 0. The summed E-state index contributed by atoms with van der Waals surface area (Å²) in [5, 5.41) is 9.17. The number of carboxylic acid groups (broad SMARTS) is 1. The number of hydrogen-bond acceptors (Lipinski definition) is 4. The van der Waals surface area contributed by atoms with E-state index in [1.54, 1.807) is 18.9 Å². The molecule has 5 heteroatoms. The Morgan fingerprint density at radius 3 is 2.80 bits per heavy atom. The lowest BCUT2D eigenvalue weighted by Crippen LogP contribution is -2.33. The molecule has 0 bridgehead atoms. The van der Waals surface area contributed by atoms with Gasteiger partial charge in [0.25, 0.3) is 0 Å². The SMILES string of the molecule is COCCOCCC1(C(=O)O)CCCS1. The first-order valence-corrected chi connectivity index (χ1v) is 6.14. The van der Waals surface area contributed by atoms with E-state index in [4.69, 9.17) is 14.6 Å². The van der Waals surface area contributed by atoms with Gasteiger partial charge in [-0.2, -0.15) is 0 Å². The largest absolute Gasteiger partial charge is 0.480 e. The van der Waals surface area contributed by atoms with Crippen molar-refractivity contribution < 1.29 is 19.4 Å². The summed E-state index contributed by atoms with van der Waals surface area (Å²) in [6.45, 7) is 1.60. The molecule has 88 valence electrons. The number of ether oxygens (including phenoxy) is 2. The molecule has 1 atom stereocenters. The van der Waals surface area contributed by atoms with E-state index in [1.165, 1.54) is 0 Å². The lowest BCUT2D eigenvalue weighted by Gasteiger charge is -2.22. The molecule has 0 aromatic rings. The van der Waals surface area contributed by atoms with Gasteiger partial charge in [-0.1, -0.05) is 0 Å². The van der Waals surface area contributed by atoms with Crippen molar-refractivity contribution in [2.45, 2.75) is 24.0 Å². The first-order chi connectivity index (χ1) is 7.21. The average Bonchev–Trinajstić information content (AvgIpc) is 2.67. The quantitative estimate of drug-likeness (QED) is 0.675. The summed E-state index contributed by atoms with van der Waals surface area (Å²) in [5.74, 6) is 0.255. The van der Waals surface area contributed by atoms with Crippen LogP contribution in [0.2, 0.25) is 0 Å². The molecule has 1 aliphatic rings. The molecule has 0 spiro atoms. The minimum atomic E-state index is -0.694. The Kier molecular flexibility index (Phi) is 5.42. The number of hydrogen-bond donors (Lipinski definition) is 1. The second-order valence-electron chi connectivity index (χ2n) is 3.61. The van der Waals surface area contributed by atoms with Crippen LogP contribution in [0.5, 0.6) is 0 Å². The van der Waals surface area contributed by atoms with Crippen LogP contribution in [0.25, 0.3) is 0 Å². The smallest absolute Gasteiger partial charge is 0.319 e. The summed E-state index contributed by atoms with van der Waals surface area (Å²) in [5.41, 5.74) is 0. The molecule has 1 fully saturated rings. The molecule has 0 radical (unpaired) electrons. The standard InChI is InChI=1S/C10H18O4S/c1-13-6-7-14-5-4-10(9(11)12)3-2-8-15-10/h2-8H2,1H3,(H,11,12).